The quantitative estimate of drug-likeness (QED) is 0.190. The summed E-state index contributed by atoms with van der Waals surface area (Å²) in [5, 5.41) is 37.6. The van der Waals surface area contributed by atoms with Crippen molar-refractivity contribution >= 4 is 65.0 Å². The van der Waals surface area contributed by atoms with Crippen LogP contribution in [-0.2, 0) is 11.2 Å². The molecule has 268 valence electrons. The van der Waals surface area contributed by atoms with E-state index < -0.39 is 11.2 Å². The largest absolute Gasteiger partial charge is 0.456 e. The van der Waals surface area contributed by atoms with E-state index in [1.165, 1.54) is 5.39 Å². The molecule has 12 rings (SSSR count). The summed E-state index contributed by atoms with van der Waals surface area (Å²) in [6.45, 7) is 0. The van der Waals surface area contributed by atoms with Crippen LogP contribution in [-0.4, -0.2) is 10.2 Å². The first-order chi connectivity index (χ1) is 28.0. The van der Waals surface area contributed by atoms with E-state index in [2.05, 4.69) is 127 Å². The zero-order chi connectivity index (χ0) is 37.9. The lowest BCUT2D eigenvalue weighted by molar-refractivity contribution is 0.0762. The Morgan fingerprint density at radius 2 is 0.825 bits per heavy atom. The number of rotatable bonds is 3. The van der Waals surface area contributed by atoms with Crippen LogP contribution in [0.5, 0.6) is 0 Å². The maximum Gasteiger partial charge on any atom is 0.141 e. The Morgan fingerprint density at radius 1 is 0.316 bits per heavy atom. The van der Waals surface area contributed by atoms with Gasteiger partial charge < -0.3 is 14.6 Å². The number of furan rings is 1. The molecule has 1 aliphatic rings. The van der Waals surface area contributed by atoms with Crippen LogP contribution >= 0.6 is 0 Å². The smallest absolute Gasteiger partial charge is 0.141 e. The fourth-order valence-electron chi connectivity index (χ4n) is 9.67. The molecule has 0 saturated heterocycles. The van der Waals surface area contributed by atoms with Gasteiger partial charge in [0.05, 0.1) is 0 Å². The molecular formula is C54H34O3. The molecule has 0 fully saturated rings. The molecule has 11 aromatic rings. The molecule has 0 aliphatic heterocycles. The average Bonchev–Trinajstić information content (AvgIpc) is 3.63. The average molecular weight is 731 g/mol. The second kappa shape index (κ2) is 11.7. The molecule has 57 heavy (non-hydrogen) atoms. The monoisotopic (exact) mass is 730 g/mol. The summed E-state index contributed by atoms with van der Waals surface area (Å²) in [6, 6.07) is 66.3. The molecule has 1 aliphatic carbocycles. The van der Waals surface area contributed by atoms with E-state index in [1.54, 1.807) is 0 Å². The van der Waals surface area contributed by atoms with Crippen LogP contribution in [0.4, 0.5) is 0 Å². The second-order valence-electron chi connectivity index (χ2n) is 15.5. The second-order valence-corrected chi connectivity index (χ2v) is 15.5. The van der Waals surface area contributed by atoms with Crippen LogP contribution < -0.4 is 0 Å². The van der Waals surface area contributed by atoms with Gasteiger partial charge in [0.1, 0.15) is 22.4 Å². The normalized spacial score (nSPS) is 17.8. The van der Waals surface area contributed by atoms with Gasteiger partial charge in [0.15, 0.2) is 0 Å². The fraction of sp³-hybridized carbons (Fsp3) is 0.0370. The van der Waals surface area contributed by atoms with E-state index in [1.807, 2.05) is 66.7 Å². The molecule has 1 heterocycles. The standard InChI is InChI=1S/C54H34O3/c55-53(42-24-20-39-27-38(17-18-40(39)29-42)41-21-25-45-46-30-36-12-3-4-13-37(36)31-51(46)57-50(45)32-41)47-15-7-8-16-48(47)54(56,43-23-19-33-9-1-2-11-35(33)28-43)52-44-14-6-5-10-34(44)22-26-49(52)53/h1-32,55-56H. The minimum absolute atomic E-state index is 0.659. The molecule has 2 N–H and O–H groups in total. The van der Waals surface area contributed by atoms with Crippen molar-refractivity contribution in [3.05, 3.63) is 228 Å². The third-order valence-corrected chi connectivity index (χ3v) is 12.5. The Morgan fingerprint density at radius 3 is 1.61 bits per heavy atom. The predicted octanol–water partition coefficient (Wildman–Crippen LogP) is 12.7. The highest BCUT2D eigenvalue weighted by atomic mass is 16.3. The third kappa shape index (κ3) is 4.55. The predicted molar refractivity (Wildman–Crippen MR) is 233 cm³/mol. The van der Waals surface area contributed by atoms with Gasteiger partial charge in [-0.25, -0.2) is 0 Å². The number of hydrogen-bond acceptors (Lipinski definition) is 3. The number of benzene rings is 10. The summed E-state index contributed by atoms with van der Waals surface area (Å²) in [5.41, 5.74) is 5.00. The van der Waals surface area contributed by atoms with Gasteiger partial charge in [-0.2, -0.15) is 0 Å². The van der Waals surface area contributed by atoms with Crippen LogP contribution in [0.1, 0.15) is 33.4 Å². The van der Waals surface area contributed by atoms with Gasteiger partial charge in [-0.15, -0.1) is 0 Å². The maximum atomic E-state index is 13.5. The van der Waals surface area contributed by atoms with Gasteiger partial charge >= 0.3 is 0 Å². The number of hydrogen-bond donors (Lipinski definition) is 2. The molecule has 0 spiro atoms. The fourth-order valence-corrected chi connectivity index (χ4v) is 9.67. The van der Waals surface area contributed by atoms with Gasteiger partial charge in [0.2, 0.25) is 0 Å². The molecule has 3 nitrogen and oxygen atoms in total. The van der Waals surface area contributed by atoms with Crippen LogP contribution in [0.2, 0.25) is 0 Å². The lowest BCUT2D eigenvalue weighted by atomic mass is 9.62. The highest BCUT2D eigenvalue weighted by Gasteiger charge is 2.51. The minimum Gasteiger partial charge on any atom is -0.456 e. The van der Waals surface area contributed by atoms with Crippen molar-refractivity contribution in [1.82, 2.24) is 0 Å². The first kappa shape index (κ1) is 32.2. The molecule has 10 aromatic carbocycles. The van der Waals surface area contributed by atoms with E-state index >= 15 is 0 Å². The highest BCUT2D eigenvalue weighted by Crippen LogP contribution is 2.55. The van der Waals surface area contributed by atoms with Crippen LogP contribution in [0.25, 0.3) is 76.2 Å². The first-order valence-electron chi connectivity index (χ1n) is 19.4. The van der Waals surface area contributed by atoms with Crippen LogP contribution in [0.3, 0.4) is 0 Å². The zero-order valence-corrected chi connectivity index (χ0v) is 30.8. The van der Waals surface area contributed by atoms with Gasteiger partial charge in [-0.1, -0.05) is 152 Å². The van der Waals surface area contributed by atoms with E-state index in [-0.39, 0.29) is 0 Å². The third-order valence-electron chi connectivity index (χ3n) is 12.5. The van der Waals surface area contributed by atoms with Gasteiger partial charge in [0, 0.05) is 21.9 Å². The number of fused-ring (bicyclic) bond motifs is 10. The molecule has 2 atom stereocenters. The van der Waals surface area contributed by atoms with Crippen molar-refractivity contribution in [2.45, 2.75) is 11.2 Å². The zero-order valence-electron chi connectivity index (χ0n) is 30.8. The molecule has 1 aromatic heterocycles. The summed E-state index contributed by atoms with van der Waals surface area (Å²) >= 11 is 0. The van der Waals surface area contributed by atoms with Gasteiger partial charge in [0.25, 0.3) is 0 Å². The van der Waals surface area contributed by atoms with Crippen molar-refractivity contribution in [2.24, 2.45) is 0 Å². The Balaban J connectivity index is 1.01. The van der Waals surface area contributed by atoms with Crippen molar-refractivity contribution in [3.63, 3.8) is 0 Å². The Kier molecular flexibility index (Phi) is 6.64. The van der Waals surface area contributed by atoms with E-state index in [0.29, 0.717) is 22.3 Å². The Labute approximate surface area is 328 Å². The topological polar surface area (TPSA) is 53.6 Å². The van der Waals surface area contributed by atoms with Crippen LogP contribution in [0.15, 0.2) is 199 Å². The molecule has 3 heteroatoms. The molecule has 0 amide bonds. The van der Waals surface area contributed by atoms with Crippen LogP contribution in [0, 0.1) is 0 Å². The van der Waals surface area contributed by atoms with Gasteiger partial charge in [-0.05, 0) is 119 Å². The molecule has 0 bridgehead atoms. The summed E-state index contributed by atoms with van der Waals surface area (Å²) in [6.07, 6.45) is 0. The molecule has 0 saturated carbocycles. The lowest BCUT2D eigenvalue weighted by Gasteiger charge is -2.46. The lowest BCUT2D eigenvalue weighted by Crippen LogP contribution is -2.44. The SMILES string of the molecule is OC1(c2ccc3cc(-c4ccc5c(c4)oc4cc6ccccc6cc45)ccc3c2)c2ccccc2C(O)(c2ccc3ccccc3c2)c2c1ccc1ccccc21. The minimum atomic E-state index is -1.55. The maximum absolute atomic E-state index is 13.5. The summed E-state index contributed by atoms with van der Waals surface area (Å²) < 4.78 is 6.40. The Bertz CT molecular complexity index is 3470. The summed E-state index contributed by atoms with van der Waals surface area (Å²) in [7, 11) is 0. The Hall–Kier alpha value is -7.04. The molecule has 2 unspecified atom stereocenters. The highest BCUT2D eigenvalue weighted by molar-refractivity contribution is 6.11. The van der Waals surface area contributed by atoms with Crippen molar-refractivity contribution < 1.29 is 14.6 Å². The number of aliphatic hydroxyl groups is 2. The van der Waals surface area contributed by atoms with Crippen molar-refractivity contribution in [3.8, 4) is 11.1 Å². The van der Waals surface area contributed by atoms with Gasteiger partial charge in [-0.3, -0.25) is 0 Å². The van der Waals surface area contributed by atoms with Crippen molar-refractivity contribution in [2.75, 3.05) is 0 Å². The first-order valence-corrected chi connectivity index (χ1v) is 19.4. The van der Waals surface area contributed by atoms with E-state index in [4.69, 9.17) is 4.42 Å². The van der Waals surface area contributed by atoms with Crippen molar-refractivity contribution in [1.29, 1.82) is 0 Å². The molecule has 0 radical (unpaired) electrons. The van der Waals surface area contributed by atoms with E-state index in [9.17, 15) is 10.2 Å². The van der Waals surface area contributed by atoms with E-state index in [0.717, 1.165) is 81.9 Å². The summed E-state index contributed by atoms with van der Waals surface area (Å²) in [5.74, 6) is 0. The summed E-state index contributed by atoms with van der Waals surface area (Å²) in [4.78, 5) is 0. The molecular weight excluding hydrogens is 697 g/mol.